The molecule has 0 bridgehead atoms. The summed E-state index contributed by atoms with van der Waals surface area (Å²) in [5.41, 5.74) is 0. The Hall–Kier alpha value is -1.63. The van der Waals surface area contributed by atoms with Crippen LogP contribution in [0.1, 0.15) is 12.7 Å². The largest absolute Gasteiger partial charge is 0.480 e. The van der Waals surface area contributed by atoms with E-state index in [1.165, 1.54) is 18.7 Å². The number of nitrogens with zero attached hydrogens (tertiary/aromatic N) is 2. The minimum Gasteiger partial charge on any atom is -0.480 e. The molecule has 1 aromatic rings. The highest BCUT2D eigenvalue weighted by Gasteiger charge is 2.18. The van der Waals surface area contributed by atoms with Crippen LogP contribution in [0.15, 0.2) is 17.3 Å². The number of rotatable bonds is 5. The average molecular weight is 255 g/mol. The lowest BCUT2D eigenvalue weighted by Crippen LogP contribution is -2.41. The Kier molecular flexibility index (Phi) is 4.89. The van der Waals surface area contributed by atoms with Gasteiger partial charge >= 0.3 is 5.97 Å². The number of carboxylic acids is 1. The first-order valence-corrected chi connectivity index (χ1v) is 5.90. The molecule has 1 atom stereocenters. The number of hydrogen-bond donors (Lipinski definition) is 2. The van der Waals surface area contributed by atoms with Crippen LogP contribution in [0.3, 0.4) is 0 Å². The molecule has 0 fully saturated rings. The van der Waals surface area contributed by atoms with E-state index in [4.69, 9.17) is 5.11 Å². The second-order valence-electron chi connectivity index (χ2n) is 3.34. The first-order chi connectivity index (χ1) is 7.99. The summed E-state index contributed by atoms with van der Waals surface area (Å²) in [5, 5.41) is 11.9. The minimum absolute atomic E-state index is 0.228. The number of aryl methyl sites for hydroxylation is 1. The van der Waals surface area contributed by atoms with Gasteiger partial charge in [-0.05, 0) is 13.0 Å². The summed E-state index contributed by atoms with van der Waals surface area (Å²) in [6.07, 6.45) is 1.61. The Labute approximate surface area is 103 Å². The fourth-order valence-electron chi connectivity index (χ4n) is 1.10. The smallest absolute Gasteiger partial charge is 0.327 e. The van der Waals surface area contributed by atoms with E-state index in [9.17, 15) is 9.59 Å². The lowest BCUT2D eigenvalue weighted by Gasteiger charge is -2.12. The summed E-state index contributed by atoms with van der Waals surface area (Å²) in [4.78, 5) is 29.7. The zero-order valence-corrected chi connectivity index (χ0v) is 10.3. The van der Waals surface area contributed by atoms with Crippen LogP contribution in [-0.2, 0) is 9.59 Å². The molecule has 92 valence electrons. The molecule has 17 heavy (non-hydrogen) atoms. The van der Waals surface area contributed by atoms with Crippen molar-refractivity contribution in [3.8, 4) is 0 Å². The Morgan fingerprint density at radius 3 is 2.82 bits per heavy atom. The Morgan fingerprint density at radius 2 is 2.29 bits per heavy atom. The molecule has 1 rings (SSSR count). The minimum atomic E-state index is -1.06. The summed E-state index contributed by atoms with van der Waals surface area (Å²) >= 11 is 1.27. The SMILES string of the molecule is CC(=O)NC(CSc1ccnc(C)n1)C(=O)O. The first kappa shape index (κ1) is 13.4. The molecular formula is C10H13N3O3S. The third kappa shape index (κ3) is 4.81. The lowest BCUT2D eigenvalue weighted by atomic mass is 10.3. The van der Waals surface area contributed by atoms with Gasteiger partial charge in [-0.3, -0.25) is 4.79 Å². The van der Waals surface area contributed by atoms with Crippen LogP contribution < -0.4 is 5.32 Å². The van der Waals surface area contributed by atoms with E-state index < -0.39 is 12.0 Å². The molecule has 0 aliphatic carbocycles. The third-order valence-electron chi connectivity index (χ3n) is 1.82. The number of carboxylic acid groups (broad SMARTS) is 1. The van der Waals surface area contributed by atoms with E-state index in [0.717, 1.165) is 0 Å². The fraction of sp³-hybridized carbons (Fsp3) is 0.400. The summed E-state index contributed by atoms with van der Waals surface area (Å²) in [5.74, 6) is -0.567. The van der Waals surface area contributed by atoms with E-state index in [1.54, 1.807) is 19.2 Å². The molecule has 0 saturated carbocycles. The van der Waals surface area contributed by atoms with Gasteiger partial charge < -0.3 is 10.4 Å². The topological polar surface area (TPSA) is 92.2 Å². The maximum atomic E-state index is 10.9. The molecule has 2 N–H and O–H groups in total. The predicted octanol–water partition coefficient (Wildman–Crippen LogP) is 0.466. The Morgan fingerprint density at radius 1 is 1.59 bits per heavy atom. The van der Waals surface area contributed by atoms with Crippen LogP contribution >= 0.6 is 11.8 Å². The van der Waals surface area contributed by atoms with Crippen molar-refractivity contribution in [2.45, 2.75) is 24.9 Å². The summed E-state index contributed by atoms with van der Waals surface area (Å²) in [6, 6.07) is 0.789. The Balaban J connectivity index is 2.57. The molecule has 0 aliphatic rings. The molecule has 7 heteroatoms. The highest BCUT2D eigenvalue weighted by Crippen LogP contribution is 2.15. The van der Waals surface area contributed by atoms with Crippen molar-refractivity contribution < 1.29 is 14.7 Å². The normalized spacial score (nSPS) is 11.9. The van der Waals surface area contributed by atoms with Gasteiger partial charge in [0.05, 0.1) is 5.03 Å². The van der Waals surface area contributed by atoms with Crippen molar-refractivity contribution in [3.63, 3.8) is 0 Å². The van der Waals surface area contributed by atoms with Crippen molar-refractivity contribution in [1.29, 1.82) is 0 Å². The second-order valence-corrected chi connectivity index (χ2v) is 4.38. The van der Waals surface area contributed by atoms with E-state index in [2.05, 4.69) is 15.3 Å². The van der Waals surface area contributed by atoms with Gasteiger partial charge in [-0.1, -0.05) is 0 Å². The van der Waals surface area contributed by atoms with Crippen molar-refractivity contribution in [1.82, 2.24) is 15.3 Å². The van der Waals surface area contributed by atoms with Gasteiger partial charge in [-0.25, -0.2) is 14.8 Å². The molecule has 1 aromatic heterocycles. The summed E-state index contributed by atoms with van der Waals surface area (Å²) < 4.78 is 0. The van der Waals surface area contributed by atoms with Crippen LogP contribution in [0.2, 0.25) is 0 Å². The number of amides is 1. The van der Waals surface area contributed by atoms with E-state index in [-0.39, 0.29) is 11.7 Å². The monoisotopic (exact) mass is 255 g/mol. The van der Waals surface area contributed by atoms with Gasteiger partial charge in [0.1, 0.15) is 11.9 Å². The quantitative estimate of drug-likeness (QED) is 0.587. The molecule has 0 saturated heterocycles. The van der Waals surface area contributed by atoms with Crippen LogP contribution in [0.5, 0.6) is 0 Å². The van der Waals surface area contributed by atoms with E-state index in [1.807, 2.05) is 0 Å². The van der Waals surface area contributed by atoms with Crippen LogP contribution in [0, 0.1) is 6.92 Å². The number of carbonyl (C=O) groups is 2. The van der Waals surface area contributed by atoms with Crippen molar-refractivity contribution >= 4 is 23.6 Å². The van der Waals surface area contributed by atoms with Gasteiger partial charge in [0, 0.05) is 18.9 Å². The van der Waals surface area contributed by atoms with Crippen molar-refractivity contribution in [3.05, 3.63) is 18.1 Å². The second kappa shape index (κ2) is 6.19. The number of aliphatic carboxylic acids is 1. The highest BCUT2D eigenvalue weighted by molar-refractivity contribution is 7.99. The number of thioether (sulfide) groups is 1. The molecule has 0 aromatic carbocycles. The van der Waals surface area contributed by atoms with E-state index >= 15 is 0 Å². The molecule has 0 spiro atoms. The van der Waals surface area contributed by atoms with Gasteiger partial charge in [0.15, 0.2) is 0 Å². The predicted molar refractivity (Wildman–Crippen MR) is 62.7 cm³/mol. The van der Waals surface area contributed by atoms with Crippen molar-refractivity contribution in [2.24, 2.45) is 0 Å². The van der Waals surface area contributed by atoms with E-state index in [0.29, 0.717) is 10.9 Å². The van der Waals surface area contributed by atoms with Crippen molar-refractivity contribution in [2.75, 3.05) is 5.75 Å². The Bertz CT molecular complexity index is 425. The zero-order chi connectivity index (χ0) is 12.8. The number of hydrogen-bond acceptors (Lipinski definition) is 5. The van der Waals surface area contributed by atoms with Crippen LogP contribution in [0.25, 0.3) is 0 Å². The lowest BCUT2D eigenvalue weighted by molar-refractivity contribution is -0.140. The first-order valence-electron chi connectivity index (χ1n) is 4.91. The molecular weight excluding hydrogens is 242 g/mol. The van der Waals surface area contributed by atoms with Crippen LogP contribution in [-0.4, -0.2) is 38.7 Å². The molecule has 1 heterocycles. The molecule has 0 aliphatic heterocycles. The summed E-state index contributed by atoms with van der Waals surface area (Å²) in [6.45, 7) is 3.04. The number of aromatic nitrogens is 2. The molecule has 0 radical (unpaired) electrons. The number of carbonyl (C=O) groups excluding carboxylic acids is 1. The standard InChI is InChI=1S/C10H13N3O3S/c1-6-11-4-3-9(12-6)17-5-8(10(15)16)13-7(2)14/h3-4,8H,5H2,1-2H3,(H,13,14)(H,15,16). The maximum Gasteiger partial charge on any atom is 0.327 e. The van der Waals surface area contributed by atoms with Gasteiger partial charge in [-0.15, -0.1) is 11.8 Å². The third-order valence-corrected chi connectivity index (χ3v) is 2.85. The zero-order valence-electron chi connectivity index (χ0n) is 9.51. The number of nitrogens with one attached hydrogen (secondary N) is 1. The van der Waals surface area contributed by atoms with Gasteiger partial charge in [-0.2, -0.15) is 0 Å². The molecule has 6 nitrogen and oxygen atoms in total. The van der Waals surface area contributed by atoms with Crippen LogP contribution in [0.4, 0.5) is 0 Å². The maximum absolute atomic E-state index is 10.9. The fourth-order valence-corrected chi connectivity index (χ4v) is 2.02. The highest BCUT2D eigenvalue weighted by atomic mass is 32.2. The molecule has 1 amide bonds. The molecule has 1 unspecified atom stereocenters. The van der Waals surface area contributed by atoms with Gasteiger partial charge in [0.25, 0.3) is 0 Å². The average Bonchev–Trinajstić information content (AvgIpc) is 2.23. The summed E-state index contributed by atoms with van der Waals surface area (Å²) in [7, 11) is 0. The van der Waals surface area contributed by atoms with Gasteiger partial charge in [0.2, 0.25) is 5.91 Å².